The standard InChI is InChI=1S/C21H27N3O4/c25-18(13-24-11-9-14-10-12-28-21(27)19(14)24)23-17-8-4-3-7-16(17)20(26)22-15-5-1-2-6-15/h3-4,7-8,14-15,19H,1-2,5-6,9-13H2,(H,22,26)(H,23,25)/t14-,19-/m0/s1. The highest BCUT2D eigenvalue weighted by atomic mass is 16.5. The number of rotatable bonds is 5. The summed E-state index contributed by atoms with van der Waals surface area (Å²) in [7, 11) is 0. The Morgan fingerprint density at radius 1 is 1.11 bits per heavy atom. The second kappa shape index (κ2) is 8.31. The Bertz CT molecular complexity index is 760. The van der Waals surface area contributed by atoms with Crippen molar-refractivity contribution in [3.63, 3.8) is 0 Å². The van der Waals surface area contributed by atoms with E-state index < -0.39 is 0 Å². The lowest BCUT2D eigenvalue weighted by Gasteiger charge is -2.29. The van der Waals surface area contributed by atoms with E-state index in [1.54, 1.807) is 24.3 Å². The topological polar surface area (TPSA) is 87.7 Å². The van der Waals surface area contributed by atoms with Crippen molar-refractivity contribution in [1.29, 1.82) is 0 Å². The molecular formula is C21H27N3O4. The molecule has 0 aromatic heterocycles. The lowest BCUT2D eigenvalue weighted by molar-refractivity contribution is -0.155. The third-order valence-corrected chi connectivity index (χ3v) is 6.08. The molecule has 1 saturated carbocycles. The molecule has 3 fully saturated rings. The molecule has 0 spiro atoms. The lowest BCUT2D eigenvalue weighted by atomic mass is 9.95. The van der Waals surface area contributed by atoms with Gasteiger partial charge in [0.1, 0.15) is 6.04 Å². The average molecular weight is 385 g/mol. The number of nitrogens with one attached hydrogen (secondary N) is 2. The number of hydrogen-bond donors (Lipinski definition) is 2. The van der Waals surface area contributed by atoms with Gasteiger partial charge in [0.2, 0.25) is 5.91 Å². The number of ether oxygens (including phenoxy) is 1. The first-order chi connectivity index (χ1) is 13.6. The summed E-state index contributed by atoms with van der Waals surface area (Å²) in [6.07, 6.45) is 6.07. The van der Waals surface area contributed by atoms with Crippen molar-refractivity contribution in [3.8, 4) is 0 Å². The number of benzene rings is 1. The van der Waals surface area contributed by atoms with Gasteiger partial charge in [0.25, 0.3) is 5.91 Å². The molecule has 2 aliphatic heterocycles. The molecule has 7 nitrogen and oxygen atoms in total. The fourth-order valence-corrected chi connectivity index (χ4v) is 4.64. The van der Waals surface area contributed by atoms with E-state index in [9.17, 15) is 14.4 Å². The number of cyclic esters (lactones) is 1. The maximum absolute atomic E-state index is 12.6. The molecule has 2 heterocycles. The Hall–Kier alpha value is -2.41. The third kappa shape index (κ3) is 4.04. The van der Waals surface area contributed by atoms with Gasteiger partial charge >= 0.3 is 5.97 Å². The highest BCUT2D eigenvalue weighted by molar-refractivity contribution is 6.04. The summed E-state index contributed by atoms with van der Waals surface area (Å²) in [6, 6.07) is 6.96. The number of esters is 1. The van der Waals surface area contributed by atoms with Gasteiger partial charge in [-0.3, -0.25) is 19.3 Å². The van der Waals surface area contributed by atoms with Gasteiger partial charge in [0.05, 0.1) is 24.4 Å². The van der Waals surface area contributed by atoms with Gasteiger partial charge in [-0.05, 0) is 50.3 Å². The molecule has 7 heteroatoms. The van der Waals surface area contributed by atoms with Crippen LogP contribution in [0, 0.1) is 5.92 Å². The first kappa shape index (κ1) is 18.9. The van der Waals surface area contributed by atoms with Gasteiger partial charge in [-0.25, -0.2) is 0 Å². The van der Waals surface area contributed by atoms with Crippen molar-refractivity contribution in [2.24, 2.45) is 5.92 Å². The third-order valence-electron chi connectivity index (χ3n) is 6.08. The molecular weight excluding hydrogens is 358 g/mol. The molecule has 2 N–H and O–H groups in total. The summed E-state index contributed by atoms with van der Waals surface area (Å²) in [5, 5.41) is 5.92. The molecule has 3 aliphatic rings. The van der Waals surface area contributed by atoms with Crippen LogP contribution in [0.4, 0.5) is 5.69 Å². The number of carbonyl (C=O) groups excluding carboxylic acids is 3. The van der Waals surface area contributed by atoms with E-state index in [0.29, 0.717) is 24.4 Å². The largest absolute Gasteiger partial charge is 0.465 e. The molecule has 4 rings (SSSR count). The Morgan fingerprint density at radius 3 is 2.71 bits per heavy atom. The predicted molar refractivity (Wildman–Crippen MR) is 104 cm³/mol. The number of likely N-dealkylation sites (tertiary alicyclic amines) is 1. The quantitative estimate of drug-likeness (QED) is 0.757. The number of anilines is 1. The Labute approximate surface area is 164 Å². The van der Waals surface area contributed by atoms with Crippen LogP contribution >= 0.6 is 0 Å². The zero-order chi connectivity index (χ0) is 19.5. The van der Waals surface area contributed by atoms with Gasteiger partial charge in [0.15, 0.2) is 0 Å². The van der Waals surface area contributed by atoms with Crippen molar-refractivity contribution in [3.05, 3.63) is 29.8 Å². The number of carbonyl (C=O) groups is 3. The molecule has 2 atom stereocenters. The summed E-state index contributed by atoms with van der Waals surface area (Å²) >= 11 is 0. The van der Waals surface area contributed by atoms with Gasteiger partial charge < -0.3 is 15.4 Å². The van der Waals surface area contributed by atoms with E-state index in [2.05, 4.69) is 10.6 Å². The van der Waals surface area contributed by atoms with E-state index >= 15 is 0 Å². The highest BCUT2D eigenvalue weighted by Crippen LogP contribution is 2.31. The minimum atomic E-state index is -0.319. The monoisotopic (exact) mass is 385 g/mol. The number of hydrogen-bond acceptors (Lipinski definition) is 5. The minimum absolute atomic E-state index is 0.120. The fourth-order valence-electron chi connectivity index (χ4n) is 4.64. The maximum atomic E-state index is 12.6. The van der Waals surface area contributed by atoms with Crippen LogP contribution in [-0.4, -0.2) is 54.5 Å². The van der Waals surface area contributed by atoms with Crippen molar-refractivity contribution < 1.29 is 19.1 Å². The number of para-hydroxylation sites is 1. The smallest absolute Gasteiger partial charge is 0.323 e. The second-order valence-electron chi connectivity index (χ2n) is 7.97. The normalized spacial score (nSPS) is 25.2. The lowest BCUT2D eigenvalue weighted by Crippen LogP contribution is -2.46. The van der Waals surface area contributed by atoms with Crippen LogP contribution < -0.4 is 10.6 Å². The predicted octanol–water partition coefficient (Wildman–Crippen LogP) is 1.93. The van der Waals surface area contributed by atoms with E-state index in [-0.39, 0.29) is 42.3 Å². The molecule has 1 aromatic carbocycles. The molecule has 1 aromatic rings. The molecule has 28 heavy (non-hydrogen) atoms. The summed E-state index contributed by atoms with van der Waals surface area (Å²) in [4.78, 5) is 39.3. The first-order valence-electron chi connectivity index (χ1n) is 10.2. The molecule has 150 valence electrons. The van der Waals surface area contributed by atoms with Crippen LogP contribution in [0.1, 0.15) is 48.9 Å². The Balaban J connectivity index is 1.39. The van der Waals surface area contributed by atoms with Gasteiger partial charge in [-0.2, -0.15) is 0 Å². The summed E-state index contributed by atoms with van der Waals surface area (Å²) in [5.41, 5.74) is 0.976. The summed E-state index contributed by atoms with van der Waals surface area (Å²) in [5.74, 6) is -0.323. The van der Waals surface area contributed by atoms with E-state index in [4.69, 9.17) is 4.74 Å². The summed E-state index contributed by atoms with van der Waals surface area (Å²) in [6.45, 7) is 1.31. The van der Waals surface area contributed by atoms with Crippen LogP contribution in [0.3, 0.4) is 0 Å². The zero-order valence-electron chi connectivity index (χ0n) is 16.0. The van der Waals surface area contributed by atoms with Crippen LogP contribution in [-0.2, 0) is 14.3 Å². The van der Waals surface area contributed by atoms with Crippen LogP contribution in [0.25, 0.3) is 0 Å². The van der Waals surface area contributed by atoms with Crippen molar-refractivity contribution >= 4 is 23.5 Å². The van der Waals surface area contributed by atoms with Crippen LogP contribution in [0.15, 0.2) is 24.3 Å². The number of nitrogens with zero attached hydrogens (tertiary/aromatic N) is 1. The van der Waals surface area contributed by atoms with Crippen LogP contribution in [0.5, 0.6) is 0 Å². The first-order valence-corrected chi connectivity index (χ1v) is 10.2. The second-order valence-corrected chi connectivity index (χ2v) is 7.97. The van der Waals surface area contributed by atoms with E-state index in [0.717, 1.165) is 38.5 Å². The molecule has 0 bridgehead atoms. The van der Waals surface area contributed by atoms with Gasteiger partial charge in [0, 0.05) is 6.04 Å². The molecule has 0 unspecified atom stereocenters. The number of amides is 2. The highest BCUT2D eigenvalue weighted by Gasteiger charge is 2.43. The van der Waals surface area contributed by atoms with Crippen molar-refractivity contribution in [2.75, 3.05) is 25.0 Å². The molecule has 2 saturated heterocycles. The summed E-state index contributed by atoms with van der Waals surface area (Å²) < 4.78 is 5.17. The SMILES string of the molecule is O=C(CN1CC[C@H]2CCOC(=O)[C@H]21)Nc1ccccc1C(=O)NC1CCCC1. The van der Waals surface area contributed by atoms with Gasteiger partial charge in [-0.1, -0.05) is 25.0 Å². The van der Waals surface area contributed by atoms with Crippen molar-refractivity contribution in [2.45, 2.75) is 50.6 Å². The Morgan fingerprint density at radius 2 is 1.89 bits per heavy atom. The maximum Gasteiger partial charge on any atom is 0.323 e. The molecule has 2 amide bonds. The average Bonchev–Trinajstić information content (AvgIpc) is 3.33. The fraction of sp³-hybridized carbons (Fsp3) is 0.571. The van der Waals surface area contributed by atoms with E-state index in [1.807, 2.05) is 4.90 Å². The molecule has 0 radical (unpaired) electrons. The van der Waals surface area contributed by atoms with Crippen molar-refractivity contribution in [1.82, 2.24) is 10.2 Å². The molecule has 1 aliphatic carbocycles. The van der Waals surface area contributed by atoms with Gasteiger partial charge in [-0.15, -0.1) is 0 Å². The zero-order valence-corrected chi connectivity index (χ0v) is 16.0. The Kier molecular flexibility index (Phi) is 5.62. The minimum Gasteiger partial charge on any atom is -0.465 e. The van der Waals surface area contributed by atoms with Crippen LogP contribution in [0.2, 0.25) is 0 Å². The van der Waals surface area contributed by atoms with E-state index in [1.165, 1.54) is 0 Å². The number of fused-ring (bicyclic) bond motifs is 1.